The molecule has 1 amide bonds. The minimum Gasteiger partial charge on any atom is -0.569 e. The summed E-state index contributed by atoms with van der Waals surface area (Å²) < 4.78 is 78.0. The van der Waals surface area contributed by atoms with E-state index < -0.39 is 46.7 Å². The number of hydrogen-bond acceptors (Lipinski definition) is 10. The number of sulfonamides is 1. The maximum atomic E-state index is 13.5. The molecule has 44 heavy (non-hydrogen) atoms. The highest BCUT2D eigenvalue weighted by Gasteiger charge is 2.35. The molecule has 4 rings (SSSR count). The highest BCUT2D eigenvalue weighted by molar-refractivity contribution is 7.90. The second-order valence-corrected chi connectivity index (χ2v) is 11.2. The lowest BCUT2D eigenvalue weighted by atomic mass is 9.97. The fourth-order valence-electron chi connectivity index (χ4n) is 4.24. The number of nitrogens with one attached hydrogen (secondary N) is 1. The number of aromatic nitrogens is 2. The van der Waals surface area contributed by atoms with E-state index in [-0.39, 0.29) is 47.2 Å². The molecule has 2 aromatic carbocycles. The quantitative estimate of drug-likeness (QED) is 0.0904. The number of nitrogens with zero attached hydrogens (tertiary/aromatic N) is 5. The lowest BCUT2D eigenvalue weighted by molar-refractivity contribution is -0.713. The third-order valence-electron chi connectivity index (χ3n) is 6.58. The molecule has 0 unspecified atom stereocenters. The lowest BCUT2D eigenvalue weighted by Crippen LogP contribution is -2.44. The van der Waals surface area contributed by atoms with Crippen LogP contribution >= 0.6 is 0 Å². The summed E-state index contributed by atoms with van der Waals surface area (Å²) >= 11 is 0. The molecule has 1 N–H and O–H groups in total. The van der Waals surface area contributed by atoms with Gasteiger partial charge in [0, 0.05) is 11.5 Å². The van der Waals surface area contributed by atoms with Crippen LogP contribution in [0.1, 0.15) is 24.1 Å². The van der Waals surface area contributed by atoms with Gasteiger partial charge in [0.1, 0.15) is 0 Å². The maximum absolute atomic E-state index is 13.5. The van der Waals surface area contributed by atoms with Gasteiger partial charge in [-0.05, 0) is 50.1 Å². The van der Waals surface area contributed by atoms with E-state index in [1.165, 1.54) is 17.1 Å². The van der Waals surface area contributed by atoms with Crippen LogP contribution < -0.4 is 4.72 Å². The third kappa shape index (κ3) is 7.74. The van der Waals surface area contributed by atoms with Gasteiger partial charge >= 0.3 is 12.3 Å². The van der Waals surface area contributed by atoms with Crippen molar-refractivity contribution < 1.29 is 50.5 Å². The highest BCUT2D eigenvalue weighted by Crippen LogP contribution is 2.33. The van der Waals surface area contributed by atoms with Gasteiger partial charge in [-0.25, -0.2) is 22.6 Å². The van der Waals surface area contributed by atoms with Crippen LogP contribution in [0.5, 0.6) is 0 Å². The molecule has 18 heteroatoms. The van der Waals surface area contributed by atoms with Crippen molar-refractivity contribution in [1.29, 1.82) is 0 Å². The Bertz CT molecular complexity index is 1620. The number of hydrogen-bond donors (Lipinski definition) is 1. The highest BCUT2D eigenvalue weighted by atomic mass is 32.2. The molecule has 14 nitrogen and oxygen atoms in total. The van der Waals surface area contributed by atoms with Crippen molar-refractivity contribution in [1.82, 2.24) is 19.5 Å². The minimum atomic E-state index is -4.70. The van der Waals surface area contributed by atoms with Gasteiger partial charge in [0.05, 0.1) is 41.4 Å². The van der Waals surface area contributed by atoms with E-state index >= 15 is 0 Å². The molecule has 0 aliphatic carbocycles. The number of aryl methyl sites for hydroxylation is 1. The normalized spacial score (nSPS) is 14.7. The summed E-state index contributed by atoms with van der Waals surface area (Å²) in [5.74, 6) is -1.52. The molecule has 0 spiro atoms. The summed E-state index contributed by atoms with van der Waals surface area (Å²) in [6.07, 6.45) is -5.49. The van der Waals surface area contributed by atoms with Gasteiger partial charge in [0.2, 0.25) is 11.2 Å². The van der Waals surface area contributed by atoms with E-state index in [1.807, 2.05) is 11.6 Å². The molecule has 3 aromatic rings. The zero-order chi connectivity index (χ0) is 32.1. The van der Waals surface area contributed by atoms with Crippen molar-refractivity contribution in [2.45, 2.75) is 30.8 Å². The van der Waals surface area contributed by atoms with Crippen molar-refractivity contribution >= 4 is 22.1 Å². The molecular weight excluding hydrogens is 613 g/mol. The minimum absolute atomic E-state index is 0.0498. The average Bonchev–Trinajstić information content (AvgIpc) is 3.46. The van der Waals surface area contributed by atoms with E-state index in [9.17, 15) is 36.4 Å². The Kier molecular flexibility index (Phi) is 9.61. The van der Waals surface area contributed by atoms with Gasteiger partial charge in [-0.1, -0.05) is 29.8 Å². The first-order valence-corrected chi connectivity index (χ1v) is 14.4. The predicted octanol–water partition coefficient (Wildman–Crippen LogP) is 3.93. The summed E-state index contributed by atoms with van der Waals surface area (Å²) in [4.78, 5) is 28.0. The zero-order valence-electron chi connectivity index (χ0n) is 23.4. The number of rotatable bonds is 9. The molecule has 1 aromatic heterocycles. The van der Waals surface area contributed by atoms with Crippen LogP contribution in [0.3, 0.4) is 0 Å². The Morgan fingerprint density at radius 1 is 1.11 bits per heavy atom. The first kappa shape index (κ1) is 32.1. The summed E-state index contributed by atoms with van der Waals surface area (Å²) in [7, 11) is -3.24. The average molecular weight is 641 g/mol. The number of carbonyl (C=O) groups is 2. The van der Waals surface area contributed by atoms with Crippen molar-refractivity contribution in [3.63, 3.8) is 0 Å². The fourth-order valence-corrected chi connectivity index (χ4v) is 5.29. The zero-order valence-corrected chi connectivity index (χ0v) is 24.2. The largest absolute Gasteiger partial charge is 0.569 e. The molecule has 2 heterocycles. The van der Waals surface area contributed by atoms with E-state index in [0.717, 1.165) is 35.6 Å². The van der Waals surface area contributed by atoms with Crippen LogP contribution in [-0.2, 0) is 35.3 Å². The second-order valence-electron chi connectivity index (χ2n) is 9.56. The number of piperidine rings is 1. The number of ether oxygens (including phenoxy) is 2. The smallest absolute Gasteiger partial charge is 0.510 e. The van der Waals surface area contributed by atoms with Crippen LogP contribution in [0.2, 0.25) is 0 Å². The monoisotopic (exact) mass is 640 g/mol. The van der Waals surface area contributed by atoms with Gasteiger partial charge in [-0.2, -0.15) is 18.3 Å². The summed E-state index contributed by atoms with van der Waals surface area (Å²) in [5.41, 5.74) is 0.592. The van der Waals surface area contributed by atoms with Gasteiger partial charge in [-0.3, -0.25) is 4.79 Å². The van der Waals surface area contributed by atoms with Gasteiger partial charge < -0.3 is 19.5 Å². The number of hydrazine groups is 1. The Balaban J connectivity index is 1.41. The van der Waals surface area contributed by atoms with Crippen molar-refractivity contribution in [3.8, 4) is 16.9 Å². The third-order valence-corrected chi connectivity index (χ3v) is 7.94. The molecule has 0 atom stereocenters. The molecule has 0 bridgehead atoms. The fraction of sp³-hybridized carbons (Fsp3) is 0.346. The van der Waals surface area contributed by atoms with Crippen LogP contribution in [0.15, 0.2) is 64.8 Å². The van der Waals surface area contributed by atoms with E-state index in [0.29, 0.717) is 5.56 Å². The number of carbonyl (C=O) groups excluding carboxylic acids is 2. The number of methoxy groups -OCH3 is 1. The lowest BCUT2D eigenvalue weighted by Gasteiger charge is -2.27. The molecule has 0 saturated carbocycles. The molecule has 1 aliphatic rings. The molecule has 236 valence electrons. The number of amides is 1. The van der Waals surface area contributed by atoms with Crippen LogP contribution in [-0.4, -0.2) is 67.2 Å². The van der Waals surface area contributed by atoms with Gasteiger partial charge in [0.15, 0.2) is 5.69 Å². The van der Waals surface area contributed by atoms with Gasteiger partial charge in [-0.15, -0.1) is 5.01 Å². The SMILES string of the molecule is COC(=O)OCO/N=[N+](/[O-])N1CCC(C(=O)NS(=O)(=O)c2ccc(-n3nc(C(F)(F)F)cc3-c3ccc(C)cc3)cc2)CC1. The van der Waals surface area contributed by atoms with Gasteiger partial charge in [0.25, 0.3) is 16.8 Å². The molecular formula is C26H27F3N6O8S. The Labute approximate surface area is 249 Å². The van der Waals surface area contributed by atoms with Crippen molar-refractivity contribution in [2.24, 2.45) is 11.2 Å². The van der Waals surface area contributed by atoms with E-state index in [2.05, 4.69) is 24.7 Å². The topological polar surface area (TPSA) is 167 Å². The summed E-state index contributed by atoms with van der Waals surface area (Å²) in [5, 5.41) is 20.1. The van der Waals surface area contributed by atoms with E-state index in [1.54, 1.807) is 24.3 Å². The van der Waals surface area contributed by atoms with Crippen LogP contribution in [0, 0.1) is 18.0 Å². The van der Waals surface area contributed by atoms with Crippen molar-refractivity contribution in [2.75, 3.05) is 27.0 Å². The van der Waals surface area contributed by atoms with Crippen LogP contribution in [0.4, 0.5) is 18.0 Å². The summed E-state index contributed by atoms with van der Waals surface area (Å²) in [6.45, 7) is 1.28. The first-order valence-electron chi connectivity index (χ1n) is 13.0. The predicted molar refractivity (Wildman–Crippen MR) is 144 cm³/mol. The van der Waals surface area contributed by atoms with Crippen LogP contribution in [0.25, 0.3) is 16.9 Å². The Hall–Kier alpha value is -4.87. The number of alkyl halides is 3. The summed E-state index contributed by atoms with van der Waals surface area (Å²) in [6, 6.07) is 12.6. The standard InChI is InChI=1S/C26H27F3N6O8S/c1-17-3-5-18(6-4-17)22-15-23(26(27,28)29)30-34(22)20-7-9-21(10-8-20)44(39,40)31-24(36)19-11-13-33(14-12-19)35(38)32-43-16-42-25(37)41-2/h3-10,15,19H,11-14,16H2,1-2H3,(H,31,36)/b35-32+. The second kappa shape index (κ2) is 13.2. The van der Waals surface area contributed by atoms with E-state index in [4.69, 9.17) is 0 Å². The number of halogens is 3. The molecule has 1 fully saturated rings. The Morgan fingerprint density at radius 3 is 2.34 bits per heavy atom. The molecule has 1 aliphatic heterocycles. The molecule has 0 radical (unpaired) electrons. The maximum Gasteiger partial charge on any atom is 0.510 e. The molecule has 1 saturated heterocycles. The first-order chi connectivity index (χ1) is 20.8. The Morgan fingerprint density at radius 2 is 1.75 bits per heavy atom. The van der Waals surface area contributed by atoms with Crippen molar-refractivity contribution in [3.05, 3.63) is 71.1 Å². The number of benzene rings is 2.